The first kappa shape index (κ1) is 18.0. The normalized spacial score (nSPS) is 16.9. The van der Waals surface area contributed by atoms with Crippen molar-refractivity contribution in [3.63, 3.8) is 0 Å². The third-order valence-corrected chi connectivity index (χ3v) is 4.25. The maximum Gasteiger partial charge on any atom is 0.220 e. The van der Waals surface area contributed by atoms with Crippen molar-refractivity contribution in [1.29, 1.82) is 0 Å². The standard InChI is InChI=1S/C17H26N2O.ClH/c1-14-4-3-5-15(12-14)6-7-16(20)19-13-17(2)8-10-18-11-9-17;/h3-5,12,18H,6-11,13H2,1-2H3,(H,19,20);1H. The number of hydrogen-bond acceptors (Lipinski definition) is 2. The fraction of sp³-hybridized carbons (Fsp3) is 0.588. The summed E-state index contributed by atoms with van der Waals surface area (Å²) in [7, 11) is 0. The first-order chi connectivity index (χ1) is 9.57. The maximum absolute atomic E-state index is 12.0. The van der Waals surface area contributed by atoms with Crippen LogP contribution in [0.15, 0.2) is 24.3 Å². The summed E-state index contributed by atoms with van der Waals surface area (Å²) in [5, 5.41) is 6.48. The molecule has 1 aromatic rings. The van der Waals surface area contributed by atoms with Crippen LogP contribution in [0.4, 0.5) is 0 Å². The van der Waals surface area contributed by atoms with Gasteiger partial charge in [0, 0.05) is 13.0 Å². The molecule has 1 aliphatic rings. The molecule has 0 aliphatic carbocycles. The van der Waals surface area contributed by atoms with Crippen LogP contribution in [0.25, 0.3) is 0 Å². The van der Waals surface area contributed by atoms with Gasteiger partial charge in [-0.25, -0.2) is 0 Å². The molecule has 1 aromatic carbocycles. The van der Waals surface area contributed by atoms with Gasteiger partial charge in [-0.1, -0.05) is 36.8 Å². The molecule has 0 radical (unpaired) electrons. The molecule has 0 spiro atoms. The Balaban J connectivity index is 0.00000220. The van der Waals surface area contributed by atoms with Gasteiger partial charge in [0.2, 0.25) is 5.91 Å². The summed E-state index contributed by atoms with van der Waals surface area (Å²) in [6.07, 6.45) is 3.69. The molecule has 2 N–H and O–H groups in total. The molecule has 2 rings (SSSR count). The molecular formula is C17H27ClN2O. The first-order valence-corrected chi connectivity index (χ1v) is 7.60. The Bertz CT molecular complexity index is 456. The summed E-state index contributed by atoms with van der Waals surface area (Å²) < 4.78 is 0. The SMILES string of the molecule is Cc1cccc(CCC(=O)NCC2(C)CCNCC2)c1.Cl. The van der Waals surface area contributed by atoms with Crippen molar-refractivity contribution in [3.05, 3.63) is 35.4 Å². The van der Waals surface area contributed by atoms with Crippen molar-refractivity contribution in [1.82, 2.24) is 10.6 Å². The molecule has 1 fully saturated rings. The predicted octanol–water partition coefficient (Wildman–Crippen LogP) is 2.86. The molecule has 1 saturated heterocycles. The Labute approximate surface area is 134 Å². The molecule has 1 amide bonds. The van der Waals surface area contributed by atoms with Crippen LogP contribution in [0, 0.1) is 12.3 Å². The number of benzene rings is 1. The Morgan fingerprint density at radius 1 is 1.33 bits per heavy atom. The summed E-state index contributed by atoms with van der Waals surface area (Å²) >= 11 is 0. The van der Waals surface area contributed by atoms with Crippen LogP contribution < -0.4 is 10.6 Å². The molecule has 118 valence electrons. The first-order valence-electron chi connectivity index (χ1n) is 7.60. The Hall–Kier alpha value is -1.06. The summed E-state index contributed by atoms with van der Waals surface area (Å²) in [5.41, 5.74) is 2.77. The highest BCUT2D eigenvalue weighted by molar-refractivity contribution is 5.85. The predicted molar refractivity (Wildman–Crippen MR) is 90.0 cm³/mol. The summed E-state index contributed by atoms with van der Waals surface area (Å²) in [4.78, 5) is 12.0. The van der Waals surface area contributed by atoms with E-state index in [0.717, 1.165) is 38.9 Å². The van der Waals surface area contributed by atoms with E-state index in [1.54, 1.807) is 0 Å². The molecule has 21 heavy (non-hydrogen) atoms. The van der Waals surface area contributed by atoms with Crippen LogP contribution in [-0.2, 0) is 11.2 Å². The zero-order valence-electron chi connectivity index (χ0n) is 13.1. The lowest BCUT2D eigenvalue weighted by Crippen LogP contribution is -2.42. The Morgan fingerprint density at radius 2 is 2.05 bits per heavy atom. The van der Waals surface area contributed by atoms with Crippen LogP contribution in [0.1, 0.15) is 37.3 Å². The van der Waals surface area contributed by atoms with Gasteiger partial charge in [0.15, 0.2) is 0 Å². The van der Waals surface area contributed by atoms with Crippen LogP contribution in [-0.4, -0.2) is 25.5 Å². The molecule has 1 aliphatic heterocycles. The van der Waals surface area contributed by atoms with Crippen molar-refractivity contribution < 1.29 is 4.79 Å². The highest BCUT2D eigenvalue weighted by Crippen LogP contribution is 2.26. The molecule has 3 nitrogen and oxygen atoms in total. The van der Waals surface area contributed by atoms with Gasteiger partial charge in [0.1, 0.15) is 0 Å². The van der Waals surface area contributed by atoms with Crippen molar-refractivity contribution in [2.75, 3.05) is 19.6 Å². The topological polar surface area (TPSA) is 41.1 Å². The lowest BCUT2D eigenvalue weighted by atomic mass is 9.81. The van der Waals surface area contributed by atoms with E-state index < -0.39 is 0 Å². The second kappa shape index (κ2) is 8.40. The molecular weight excluding hydrogens is 284 g/mol. The number of piperidine rings is 1. The van der Waals surface area contributed by atoms with Crippen LogP contribution in [0.5, 0.6) is 0 Å². The molecule has 0 unspecified atom stereocenters. The number of hydrogen-bond donors (Lipinski definition) is 2. The number of rotatable bonds is 5. The molecule has 0 atom stereocenters. The van der Waals surface area contributed by atoms with Gasteiger partial charge in [0.25, 0.3) is 0 Å². The van der Waals surface area contributed by atoms with E-state index in [1.807, 2.05) is 0 Å². The van der Waals surface area contributed by atoms with Crippen molar-refractivity contribution in [2.45, 2.75) is 39.5 Å². The van der Waals surface area contributed by atoms with Gasteiger partial charge in [-0.2, -0.15) is 0 Å². The molecule has 4 heteroatoms. The van der Waals surface area contributed by atoms with Gasteiger partial charge in [-0.3, -0.25) is 4.79 Å². The minimum Gasteiger partial charge on any atom is -0.356 e. The summed E-state index contributed by atoms with van der Waals surface area (Å²) in [5.74, 6) is 0.172. The quantitative estimate of drug-likeness (QED) is 0.878. The van der Waals surface area contributed by atoms with E-state index in [1.165, 1.54) is 11.1 Å². The highest BCUT2D eigenvalue weighted by atomic mass is 35.5. The van der Waals surface area contributed by atoms with Crippen molar-refractivity contribution in [2.24, 2.45) is 5.41 Å². The summed E-state index contributed by atoms with van der Waals surface area (Å²) in [6.45, 7) is 7.29. The van der Waals surface area contributed by atoms with Crippen molar-refractivity contribution in [3.8, 4) is 0 Å². The largest absolute Gasteiger partial charge is 0.356 e. The molecule has 0 bridgehead atoms. The minimum atomic E-state index is 0. The molecule has 0 aromatic heterocycles. The fourth-order valence-corrected chi connectivity index (χ4v) is 2.73. The van der Waals surface area contributed by atoms with Gasteiger partial charge in [-0.15, -0.1) is 12.4 Å². The monoisotopic (exact) mass is 310 g/mol. The highest BCUT2D eigenvalue weighted by Gasteiger charge is 2.26. The van der Waals surface area contributed by atoms with E-state index in [2.05, 4.69) is 48.7 Å². The van der Waals surface area contributed by atoms with E-state index in [0.29, 0.717) is 6.42 Å². The van der Waals surface area contributed by atoms with Crippen LogP contribution in [0.3, 0.4) is 0 Å². The van der Waals surface area contributed by atoms with Crippen LogP contribution >= 0.6 is 12.4 Å². The van der Waals surface area contributed by atoms with E-state index in [-0.39, 0.29) is 23.7 Å². The molecule has 0 saturated carbocycles. The second-order valence-corrected chi connectivity index (χ2v) is 6.33. The third-order valence-electron chi connectivity index (χ3n) is 4.25. The van der Waals surface area contributed by atoms with Gasteiger partial charge >= 0.3 is 0 Å². The number of nitrogens with one attached hydrogen (secondary N) is 2. The van der Waals surface area contributed by atoms with Crippen LogP contribution in [0.2, 0.25) is 0 Å². The third kappa shape index (κ3) is 6.06. The summed E-state index contributed by atoms with van der Waals surface area (Å²) in [6, 6.07) is 8.38. The van der Waals surface area contributed by atoms with Gasteiger partial charge in [-0.05, 0) is 50.3 Å². The van der Waals surface area contributed by atoms with E-state index in [4.69, 9.17) is 0 Å². The smallest absolute Gasteiger partial charge is 0.220 e. The lowest BCUT2D eigenvalue weighted by molar-refractivity contribution is -0.121. The average molecular weight is 311 g/mol. The number of amides is 1. The lowest BCUT2D eigenvalue weighted by Gasteiger charge is -2.34. The van der Waals surface area contributed by atoms with Crippen molar-refractivity contribution >= 4 is 18.3 Å². The second-order valence-electron chi connectivity index (χ2n) is 6.33. The average Bonchev–Trinajstić information content (AvgIpc) is 2.44. The van der Waals surface area contributed by atoms with Gasteiger partial charge < -0.3 is 10.6 Å². The number of carbonyl (C=O) groups is 1. The van der Waals surface area contributed by atoms with E-state index in [9.17, 15) is 4.79 Å². The number of halogens is 1. The fourth-order valence-electron chi connectivity index (χ4n) is 2.73. The maximum atomic E-state index is 12.0. The number of carbonyl (C=O) groups excluding carboxylic acids is 1. The Kier molecular flexibility index (Phi) is 7.20. The zero-order chi connectivity index (χ0) is 14.4. The van der Waals surface area contributed by atoms with E-state index >= 15 is 0 Å². The zero-order valence-corrected chi connectivity index (χ0v) is 13.9. The number of aryl methyl sites for hydroxylation is 2. The van der Waals surface area contributed by atoms with Gasteiger partial charge in [0.05, 0.1) is 0 Å². The molecule has 1 heterocycles. The minimum absolute atomic E-state index is 0. The Morgan fingerprint density at radius 3 is 2.71 bits per heavy atom.